The molecule has 0 aromatic carbocycles. The van der Waals surface area contributed by atoms with Gasteiger partial charge in [-0.15, -0.1) is 0 Å². The van der Waals surface area contributed by atoms with Crippen LogP contribution in [0.4, 0.5) is 0 Å². The Balaban J connectivity index is 1.48. The maximum atomic E-state index is 12.8. The van der Waals surface area contributed by atoms with Crippen molar-refractivity contribution in [1.82, 2.24) is 23.5 Å². The van der Waals surface area contributed by atoms with E-state index in [-0.39, 0.29) is 18.0 Å². The van der Waals surface area contributed by atoms with Crippen LogP contribution in [0.1, 0.15) is 55.1 Å². The molecule has 0 amide bonds. The van der Waals surface area contributed by atoms with Crippen LogP contribution in [0.25, 0.3) is 0 Å². The second-order valence-corrected chi connectivity index (χ2v) is 11.1. The Morgan fingerprint density at radius 1 is 1.23 bits per heavy atom. The van der Waals surface area contributed by atoms with Crippen LogP contribution < -0.4 is 5.56 Å². The summed E-state index contributed by atoms with van der Waals surface area (Å²) in [5, 5.41) is 0. The molecule has 0 unspecified atom stereocenters. The van der Waals surface area contributed by atoms with Gasteiger partial charge in [-0.1, -0.05) is 12.2 Å². The standard InChI is InChI=1S/C21H33N5O3S/c1-24(2)30(28,29)26-12-10-19-18(15-26)21(27)23-20(22-19)17-9-6-11-25(14-17)13-16-7-4-3-5-8-16/h3-4,16-17H,5-15H2,1-2H3,(H,22,23,27)/t16-,17+/m0/s1. The summed E-state index contributed by atoms with van der Waals surface area (Å²) in [6.45, 7) is 3.61. The van der Waals surface area contributed by atoms with E-state index in [1.165, 1.54) is 42.0 Å². The third-order valence-electron chi connectivity index (χ3n) is 6.63. The van der Waals surface area contributed by atoms with Crippen LogP contribution in [0, 0.1) is 5.92 Å². The Labute approximate surface area is 179 Å². The monoisotopic (exact) mass is 435 g/mol. The lowest BCUT2D eigenvalue weighted by Gasteiger charge is -2.35. The Bertz CT molecular complexity index is 956. The second kappa shape index (κ2) is 8.90. The minimum absolute atomic E-state index is 0.0877. The van der Waals surface area contributed by atoms with Gasteiger partial charge in [0.05, 0.1) is 11.3 Å². The minimum Gasteiger partial charge on any atom is -0.310 e. The summed E-state index contributed by atoms with van der Waals surface area (Å²) in [6, 6.07) is 0. The second-order valence-electron chi connectivity index (χ2n) is 9.00. The lowest BCUT2D eigenvalue weighted by molar-refractivity contribution is 0.171. The van der Waals surface area contributed by atoms with Gasteiger partial charge in [0.25, 0.3) is 15.8 Å². The van der Waals surface area contributed by atoms with Gasteiger partial charge in [0.2, 0.25) is 0 Å². The lowest BCUT2D eigenvalue weighted by Crippen LogP contribution is -2.45. The van der Waals surface area contributed by atoms with E-state index in [4.69, 9.17) is 4.98 Å². The Morgan fingerprint density at radius 2 is 2.07 bits per heavy atom. The molecule has 0 spiro atoms. The van der Waals surface area contributed by atoms with Gasteiger partial charge in [0.1, 0.15) is 5.82 Å². The predicted octanol–water partition coefficient (Wildman–Crippen LogP) is 1.47. The smallest absolute Gasteiger partial charge is 0.281 e. The molecule has 30 heavy (non-hydrogen) atoms. The Morgan fingerprint density at radius 3 is 2.80 bits per heavy atom. The highest BCUT2D eigenvalue weighted by atomic mass is 32.2. The average Bonchev–Trinajstić information content (AvgIpc) is 2.74. The zero-order valence-electron chi connectivity index (χ0n) is 18.0. The fourth-order valence-corrected chi connectivity index (χ4v) is 5.95. The van der Waals surface area contributed by atoms with E-state index >= 15 is 0 Å². The summed E-state index contributed by atoms with van der Waals surface area (Å²) in [6.07, 6.45) is 10.8. The summed E-state index contributed by atoms with van der Waals surface area (Å²) in [5.74, 6) is 1.74. The Kier molecular flexibility index (Phi) is 6.43. The molecule has 1 aliphatic carbocycles. The number of H-pyrrole nitrogens is 1. The number of hydrogen-bond donors (Lipinski definition) is 1. The molecule has 3 heterocycles. The molecule has 8 nitrogen and oxygen atoms in total. The van der Waals surface area contributed by atoms with Crippen molar-refractivity contribution in [2.75, 3.05) is 40.3 Å². The highest BCUT2D eigenvalue weighted by Gasteiger charge is 2.32. The third-order valence-corrected chi connectivity index (χ3v) is 8.51. The SMILES string of the molecule is CN(C)S(=O)(=O)N1CCc2nc([C@@H]3CCCN(C[C@H]4CC=CCC4)C3)[nH]c(=O)c2C1. The number of likely N-dealkylation sites (tertiary alicyclic amines) is 1. The van der Waals surface area contributed by atoms with Crippen molar-refractivity contribution < 1.29 is 8.42 Å². The maximum Gasteiger partial charge on any atom is 0.281 e. The van der Waals surface area contributed by atoms with Gasteiger partial charge in [0.15, 0.2) is 0 Å². The van der Waals surface area contributed by atoms with Crippen molar-refractivity contribution in [3.05, 3.63) is 39.6 Å². The van der Waals surface area contributed by atoms with Crippen molar-refractivity contribution >= 4 is 10.2 Å². The first-order valence-corrected chi connectivity index (χ1v) is 12.4. The molecule has 0 bridgehead atoms. The number of aromatic nitrogens is 2. The largest absolute Gasteiger partial charge is 0.310 e. The van der Waals surface area contributed by atoms with E-state index in [1.54, 1.807) is 0 Å². The number of rotatable bonds is 5. The van der Waals surface area contributed by atoms with Crippen molar-refractivity contribution in [3.63, 3.8) is 0 Å². The molecule has 1 aromatic rings. The van der Waals surface area contributed by atoms with Gasteiger partial charge >= 0.3 is 0 Å². The molecule has 9 heteroatoms. The Hall–Kier alpha value is -1.55. The summed E-state index contributed by atoms with van der Waals surface area (Å²) in [4.78, 5) is 23.1. The number of nitrogens with zero attached hydrogens (tertiary/aromatic N) is 4. The van der Waals surface area contributed by atoms with Crippen LogP contribution in [0.15, 0.2) is 16.9 Å². The van der Waals surface area contributed by atoms with E-state index in [9.17, 15) is 13.2 Å². The van der Waals surface area contributed by atoms with Crippen LogP contribution in [0.2, 0.25) is 0 Å². The van der Waals surface area contributed by atoms with Crippen LogP contribution in [-0.2, 0) is 23.2 Å². The van der Waals surface area contributed by atoms with Crippen molar-refractivity contribution in [1.29, 1.82) is 0 Å². The fourth-order valence-electron chi connectivity index (χ4n) is 4.87. The van der Waals surface area contributed by atoms with Gasteiger partial charge < -0.3 is 9.88 Å². The molecule has 3 aliphatic rings. The normalized spacial score (nSPS) is 26.1. The number of piperidine rings is 1. The highest BCUT2D eigenvalue weighted by Crippen LogP contribution is 2.28. The van der Waals surface area contributed by atoms with Crippen molar-refractivity contribution in [3.8, 4) is 0 Å². The molecule has 0 radical (unpaired) electrons. The quantitative estimate of drug-likeness (QED) is 0.708. The summed E-state index contributed by atoms with van der Waals surface area (Å²) < 4.78 is 27.4. The molecule has 1 N–H and O–H groups in total. The zero-order valence-corrected chi connectivity index (χ0v) is 18.8. The fraction of sp³-hybridized carbons (Fsp3) is 0.714. The number of aromatic amines is 1. The van der Waals surface area contributed by atoms with Gasteiger partial charge in [-0.3, -0.25) is 4.79 Å². The van der Waals surface area contributed by atoms with E-state index in [0.29, 0.717) is 18.5 Å². The van der Waals surface area contributed by atoms with E-state index in [0.717, 1.165) is 49.9 Å². The molecule has 1 saturated heterocycles. The highest BCUT2D eigenvalue weighted by molar-refractivity contribution is 7.86. The van der Waals surface area contributed by atoms with Gasteiger partial charge in [0, 0.05) is 52.6 Å². The first-order valence-electron chi connectivity index (χ1n) is 11.0. The van der Waals surface area contributed by atoms with Crippen molar-refractivity contribution in [2.24, 2.45) is 5.92 Å². The van der Waals surface area contributed by atoms with E-state index in [2.05, 4.69) is 22.0 Å². The zero-order chi connectivity index (χ0) is 21.3. The first kappa shape index (κ1) is 21.7. The summed E-state index contributed by atoms with van der Waals surface area (Å²) >= 11 is 0. The molecule has 2 atom stereocenters. The lowest BCUT2D eigenvalue weighted by atomic mass is 9.91. The van der Waals surface area contributed by atoms with Crippen LogP contribution >= 0.6 is 0 Å². The molecular formula is C21H33N5O3S. The molecular weight excluding hydrogens is 402 g/mol. The van der Waals surface area contributed by atoms with Crippen LogP contribution in [0.5, 0.6) is 0 Å². The van der Waals surface area contributed by atoms with Gasteiger partial charge in [-0.25, -0.2) is 4.98 Å². The number of hydrogen-bond acceptors (Lipinski definition) is 5. The van der Waals surface area contributed by atoms with Crippen molar-refractivity contribution in [2.45, 2.75) is 51.0 Å². The average molecular weight is 436 g/mol. The van der Waals surface area contributed by atoms with Gasteiger partial charge in [-0.05, 0) is 44.6 Å². The minimum atomic E-state index is -3.54. The summed E-state index contributed by atoms with van der Waals surface area (Å²) in [5.41, 5.74) is 1.05. The molecule has 0 saturated carbocycles. The molecule has 2 aliphatic heterocycles. The van der Waals surface area contributed by atoms with E-state index < -0.39 is 10.2 Å². The molecule has 1 fully saturated rings. The first-order chi connectivity index (χ1) is 14.3. The topological polar surface area (TPSA) is 89.6 Å². The van der Waals surface area contributed by atoms with Gasteiger partial charge in [-0.2, -0.15) is 17.0 Å². The van der Waals surface area contributed by atoms with E-state index in [1.807, 2.05) is 0 Å². The summed E-state index contributed by atoms with van der Waals surface area (Å²) in [7, 11) is -0.519. The number of allylic oxidation sites excluding steroid dienone is 2. The molecule has 1 aromatic heterocycles. The molecule has 166 valence electrons. The number of fused-ring (bicyclic) bond motifs is 1. The molecule has 4 rings (SSSR count). The van der Waals surface area contributed by atoms with Crippen LogP contribution in [0.3, 0.4) is 0 Å². The van der Waals surface area contributed by atoms with Crippen LogP contribution in [-0.4, -0.2) is 72.2 Å². The maximum absolute atomic E-state index is 12.8. The third kappa shape index (κ3) is 4.54. The number of nitrogens with one attached hydrogen (secondary N) is 1. The predicted molar refractivity (Wildman–Crippen MR) is 116 cm³/mol.